The second-order valence-corrected chi connectivity index (χ2v) is 13.4. The number of phenolic OH excluding ortho intramolecular Hbond substituents is 1. The van der Waals surface area contributed by atoms with Crippen LogP contribution in [0.1, 0.15) is 57.4 Å². The Kier molecular flexibility index (Phi) is 9.70. The van der Waals surface area contributed by atoms with Crippen LogP contribution >= 0.6 is 11.6 Å². The molecule has 2 N–H and O–H groups in total. The topological polar surface area (TPSA) is 93.2 Å². The van der Waals surface area contributed by atoms with Gasteiger partial charge in [0.15, 0.2) is 0 Å². The largest absolute Gasteiger partial charge is 0.508 e. The molecule has 4 aromatic carbocycles. The molecule has 4 aromatic rings. The van der Waals surface area contributed by atoms with Gasteiger partial charge in [-0.2, -0.15) is 0 Å². The van der Waals surface area contributed by atoms with Gasteiger partial charge in [-0.1, -0.05) is 60.7 Å². The Morgan fingerprint density at radius 3 is 2.18 bits per heavy atom. The summed E-state index contributed by atoms with van der Waals surface area (Å²) in [6, 6.07) is 28.7. The Balaban J connectivity index is 1.04. The Labute approximate surface area is 295 Å². The maximum atomic E-state index is 15.8. The molecule has 1 unspecified atom stereocenters. The number of aromatic hydroxyl groups is 1. The van der Waals surface area contributed by atoms with Crippen LogP contribution in [0.2, 0.25) is 0 Å². The minimum Gasteiger partial charge on any atom is -0.508 e. The number of carbonyl (C=O) groups excluding carboxylic acids is 3. The molecule has 256 valence electrons. The van der Waals surface area contributed by atoms with Gasteiger partial charge in [0.05, 0.1) is 6.54 Å². The van der Waals surface area contributed by atoms with Crippen molar-refractivity contribution in [3.8, 4) is 5.75 Å². The number of piperazine rings is 1. The quantitative estimate of drug-likeness (QED) is 0.123. The number of amides is 3. The molecular weight excluding hydrogens is 655 g/mol. The van der Waals surface area contributed by atoms with Gasteiger partial charge in [-0.3, -0.25) is 24.6 Å². The summed E-state index contributed by atoms with van der Waals surface area (Å²) in [4.78, 5) is 43.0. The highest BCUT2D eigenvalue weighted by atomic mass is 35.5. The van der Waals surface area contributed by atoms with Crippen molar-refractivity contribution in [3.63, 3.8) is 0 Å². The number of nitrogens with zero attached hydrogens (tertiary/aromatic N) is 3. The van der Waals surface area contributed by atoms with Crippen molar-refractivity contribution in [2.45, 2.75) is 38.4 Å². The van der Waals surface area contributed by atoms with Gasteiger partial charge >= 0.3 is 0 Å². The number of hydrogen-bond donors (Lipinski definition) is 2. The lowest BCUT2D eigenvalue weighted by atomic mass is 9.88. The van der Waals surface area contributed by atoms with Crippen molar-refractivity contribution in [2.24, 2.45) is 0 Å². The zero-order chi connectivity index (χ0) is 34.8. The predicted octanol–water partition coefficient (Wildman–Crippen LogP) is 6.20. The number of alkyl halides is 1. The lowest BCUT2D eigenvalue weighted by Gasteiger charge is -2.36. The van der Waals surface area contributed by atoms with E-state index in [9.17, 15) is 19.5 Å². The Hall–Kier alpha value is -4.99. The molecule has 3 amide bonds. The third kappa shape index (κ3) is 6.75. The van der Waals surface area contributed by atoms with Crippen molar-refractivity contribution in [2.75, 3.05) is 37.0 Å². The van der Waals surface area contributed by atoms with Crippen LogP contribution in [-0.4, -0.2) is 70.7 Å². The first-order valence-corrected chi connectivity index (χ1v) is 17.5. The number of imide groups is 1. The third-order valence-corrected chi connectivity index (χ3v) is 10.1. The highest BCUT2D eigenvalue weighted by Crippen LogP contribution is 2.36. The summed E-state index contributed by atoms with van der Waals surface area (Å²) in [5.41, 5.74) is 7.61. The number of piperidine rings is 1. The molecular formula is C40H38ClFN4O4. The fourth-order valence-corrected chi connectivity index (χ4v) is 7.50. The maximum absolute atomic E-state index is 15.8. The number of benzene rings is 4. The molecule has 10 heteroatoms. The van der Waals surface area contributed by atoms with Crippen LogP contribution < -0.4 is 10.2 Å². The molecule has 2 fully saturated rings. The maximum Gasteiger partial charge on any atom is 0.255 e. The Morgan fingerprint density at radius 2 is 1.52 bits per heavy atom. The van der Waals surface area contributed by atoms with E-state index in [0.717, 1.165) is 59.7 Å². The zero-order valence-electron chi connectivity index (χ0n) is 27.6. The first-order valence-electron chi connectivity index (χ1n) is 17.0. The summed E-state index contributed by atoms with van der Waals surface area (Å²) in [7, 11) is 0. The average Bonchev–Trinajstić information content (AvgIpc) is 3.47. The van der Waals surface area contributed by atoms with Crippen LogP contribution in [0.25, 0.3) is 11.1 Å². The van der Waals surface area contributed by atoms with E-state index in [0.29, 0.717) is 30.0 Å². The summed E-state index contributed by atoms with van der Waals surface area (Å²) in [6.45, 7) is 3.47. The van der Waals surface area contributed by atoms with Crippen LogP contribution in [0.5, 0.6) is 5.75 Å². The summed E-state index contributed by atoms with van der Waals surface area (Å²) < 4.78 is 15.8. The normalized spacial score (nSPS) is 18.6. The summed E-state index contributed by atoms with van der Waals surface area (Å²) in [5.74, 6) is -0.943. The van der Waals surface area contributed by atoms with Crippen LogP contribution in [0, 0.1) is 5.82 Å². The van der Waals surface area contributed by atoms with Crippen LogP contribution in [-0.2, 0) is 22.7 Å². The van der Waals surface area contributed by atoms with E-state index in [1.54, 1.807) is 24.3 Å². The molecule has 0 aliphatic carbocycles. The summed E-state index contributed by atoms with van der Waals surface area (Å²) >= 11 is 6.32. The van der Waals surface area contributed by atoms with E-state index < -0.39 is 17.8 Å². The third-order valence-electron chi connectivity index (χ3n) is 9.94. The molecule has 3 aliphatic heterocycles. The SMILES string of the molecule is O=C1CCC(N2Cc3c(ccc(CN4CCN(c5ccc(/C(=C(/CCCl)c6ccccc6)c6ccc(O)cc6)cc5)CC4)c3F)C2=O)C(=O)N1. The minimum atomic E-state index is -0.774. The number of anilines is 1. The Bertz CT molecular complexity index is 1940. The van der Waals surface area contributed by atoms with Gasteiger partial charge in [-0.25, -0.2) is 4.39 Å². The highest BCUT2D eigenvalue weighted by Gasteiger charge is 2.40. The van der Waals surface area contributed by atoms with Gasteiger partial charge in [-0.05, 0) is 71.0 Å². The van der Waals surface area contributed by atoms with E-state index in [-0.39, 0.29) is 42.5 Å². The number of carbonyl (C=O) groups is 3. The van der Waals surface area contributed by atoms with Crippen molar-refractivity contribution in [1.82, 2.24) is 15.1 Å². The number of hydrogen-bond acceptors (Lipinski definition) is 6. The number of phenols is 1. The van der Waals surface area contributed by atoms with Gasteiger partial charge in [0.1, 0.15) is 17.6 Å². The van der Waals surface area contributed by atoms with Gasteiger partial charge in [0, 0.05) is 67.4 Å². The smallest absolute Gasteiger partial charge is 0.255 e. The highest BCUT2D eigenvalue weighted by molar-refractivity contribution is 6.18. The molecule has 3 aliphatic rings. The molecule has 1 atom stereocenters. The van der Waals surface area contributed by atoms with E-state index >= 15 is 4.39 Å². The fraction of sp³-hybridized carbons (Fsp3) is 0.275. The first-order chi connectivity index (χ1) is 24.3. The molecule has 7 rings (SSSR count). The fourth-order valence-electron chi connectivity index (χ4n) is 7.31. The minimum absolute atomic E-state index is 0.0201. The molecule has 0 bridgehead atoms. The van der Waals surface area contributed by atoms with E-state index in [1.165, 1.54) is 4.90 Å². The van der Waals surface area contributed by atoms with E-state index in [2.05, 4.69) is 51.5 Å². The molecule has 0 spiro atoms. The van der Waals surface area contributed by atoms with Crippen molar-refractivity contribution < 1.29 is 23.9 Å². The van der Waals surface area contributed by atoms with Crippen molar-refractivity contribution in [1.29, 1.82) is 0 Å². The Morgan fingerprint density at radius 1 is 0.840 bits per heavy atom. The molecule has 0 radical (unpaired) electrons. The van der Waals surface area contributed by atoms with Crippen LogP contribution in [0.15, 0.2) is 91.0 Å². The number of rotatable bonds is 9. The lowest BCUT2D eigenvalue weighted by Crippen LogP contribution is -2.52. The zero-order valence-corrected chi connectivity index (χ0v) is 28.3. The average molecular weight is 693 g/mol. The predicted molar refractivity (Wildman–Crippen MR) is 192 cm³/mol. The standard InChI is InChI=1S/C40H38ClFN4O4/c41-19-18-32(26-4-2-1-3-5-26)37(28-8-13-31(47)14-9-28)27-6-11-30(12-7-27)45-22-20-44(21-23-45)24-29-10-15-33-34(38(29)42)25-46(40(33)50)35-16-17-36(48)43-39(35)49/h1-15,35,47H,16-25H2,(H,43,48,49)/b37-32+. The van der Waals surface area contributed by atoms with Crippen LogP contribution in [0.4, 0.5) is 10.1 Å². The summed E-state index contributed by atoms with van der Waals surface area (Å²) in [5, 5.41) is 12.3. The van der Waals surface area contributed by atoms with E-state index in [1.807, 2.05) is 30.3 Å². The molecule has 3 heterocycles. The number of halogens is 2. The van der Waals surface area contributed by atoms with Gasteiger partial charge in [-0.15, -0.1) is 11.6 Å². The molecule has 50 heavy (non-hydrogen) atoms. The molecule has 2 saturated heterocycles. The van der Waals surface area contributed by atoms with E-state index in [4.69, 9.17) is 11.6 Å². The van der Waals surface area contributed by atoms with Crippen molar-refractivity contribution >= 4 is 46.2 Å². The van der Waals surface area contributed by atoms with Gasteiger partial charge in [0.2, 0.25) is 11.8 Å². The number of fused-ring (bicyclic) bond motifs is 1. The number of nitrogens with one attached hydrogen (secondary N) is 1. The van der Waals surface area contributed by atoms with Crippen molar-refractivity contribution in [3.05, 3.63) is 130 Å². The molecule has 8 nitrogen and oxygen atoms in total. The monoisotopic (exact) mass is 692 g/mol. The molecule has 0 aromatic heterocycles. The number of allylic oxidation sites excluding steroid dienone is 1. The summed E-state index contributed by atoms with van der Waals surface area (Å²) in [6.07, 6.45) is 1.08. The lowest BCUT2D eigenvalue weighted by molar-refractivity contribution is -0.136. The van der Waals surface area contributed by atoms with Gasteiger partial charge < -0.3 is 14.9 Å². The molecule has 0 saturated carbocycles. The van der Waals surface area contributed by atoms with Gasteiger partial charge in [0.25, 0.3) is 5.91 Å². The van der Waals surface area contributed by atoms with Crippen LogP contribution in [0.3, 0.4) is 0 Å². The second kappa shape index (κ2) is 14.5. The second-order valence-electron chi connectivity index (χ2n) is 13.0. The first kappa shape index (κ1) is 33.5.